The fourth-order valence-electron chi connectivity index (χ4n) is 1.94. The summed E-state index contributed by atoms with van der Waals surface area (Å²) in [6, 6.07) is 10.4. The van der Waals surface area contributed by atoms with Crippen molar-refractivity contribution in [1.82, 2.24) is 0 Å². The summed E-state index contributed by atoms with van der Waals surface area (Å²) >= 11 is 0. The topological polar surface area (TPSA) is 0 Å². The summed E-state index contributed by atoms with van der Waals surface area (Å²) < 4.78 is 12.8. The lowest BCUT2D eigenvalue weighted by Gasteiger charge is -2.18. The van der Waals surface area contributed by atoms with Crippen LogP contribution in [0.4, 0.5) is 4.39 Å². The largest absolute Gasteiger partial charge is 0.212 e. The molecule has 1 unspecified atom stereocenters. The zero-order valence-electron chi connectivity index (χ0n) is 8.91. The molecule has 1 aliphatic carbocycles. The van der Waals surface area contributed by atoms with Crippen LogP contribution in [0.3, 0.4) is 0 Å². The van der Waals surface area contributed by atoms with Crippen LogP contribution in [0, 0.1) is 0 Å². The zero-order valence-corrected chi connectivity index (χ0v) is 8.91. The first-order valence-electron chi connectivity index (χ1n) is 5.37. The second kappa shape index (κ2) is 4.43. The normalized spacial score (nSPS) is 18.0. The molecule has 0 saturated heterocycles. The van der Waals surface area contributed by atoms with Gasteiger partial charge in [-0.3, -0.25) is 0 Å². The average molecular weight is 202 g/mol. The molecule has 0 heterocycles. The van der Waals surface area contributed by atoms with Gasteiger partial charge in [-0.15, -0.1) is 0 Å². The molecule has 0 spiro atoms. The van der Waals surface area contributed by atoms with E-state index in [0.717, 1.165) is 6.42 Å². The van der Waals surface area contributed by atoms with E-state index in [2.05, 4.69) is 19.1 Å². The van der Waals surface area contributed by atoms with Gasteiger partial charge in [-0.05, 0) is 18.1 Å². The molecule has 1 heteroatoms. The fraction of sp³-hybridized carbons (Fsp3) is 0.286. The van der Waals surface area contributed by atoms with E-state index in [4.69, 9.17) is 0 Å². The maximum Gasteiger partial charge on any atom is 0.100 e. The molecule has 1 aliphatic rings. The third kappa shape index (κ3) is 2.35. The van der Waals surface area contributed by atoms with Crippen LogP contribution < -0.4 is 0 Å². The van der Waals surface area contributed by atoms with Crippen molar-refractivity contribution in [3.63, 3.8) is 0 Å². The van der Waals surface area contributed by atoms with Gasteiger partial charge in [0.05, 0.1) is 0 Å². The lowest BCUT2D eigenvalue weighted by Crippen LogP contribution is -2.00. The summed E-state index contributed by atoms with van der Waals surface area (Å²) in [4.78, 5) is 0. The van der Waals surface area contributed by atoms with Crippen molar-refractivity contribution >= 4 is 0 Å². The number of allylic oxidation sites excluding steroid dienone is 4. The van der Waals surface area contributed by atoms with Crippen molar-refractivity contribution in [2.24, 2.45) is 0 Å². The zero-order chi connectivity index (χ0) is 10.7. The third-order valence-corrected chi connectivity index (χ3v) is 2.99. The predicted octanol–water partition coefficient (Wildman–Crippen LogP) is 4.36. The smallest absolute Gasteiger partial charge is 0.100 e. The number of benzene rings is 1. The SMILES string of the molecule is CC(C1=CC=C(F)CC1)c1ccccc1. The standard InChI is InChI=1S/C14H15F/c1-11(12-5-3-2-4-6-12)13-7-9-14(15)10-8-13/h2-7,9,11H,8,10H2,1H3. The van der Waals surface area contributed by atoms with Crippen LogP contribution in [0.1, 0.15) is 31.2 Å². The Morgan fingerprint density at radius 1 is 1.07 bits per heavy atom. The first kappa shape index (κ1) is 10.2. The Balaban J connectivity index is 2.19. The second-order valence-corrected chi connectivity index (χ2v) is 3.99. The lowest BCUT2D eigenvalue weighted by molar-refractivity contribution is 0.574. The Labute approximate surface area is 90.1 Å². The van der Waals surface area contributed by atoms with Crippen molar-refractivity contribution in [2.45, 2.75) is 25.7 Å². The van der Waals surface area contributed by atoms with Crippen molar-refractivity contribution in [3.8, 4) is 0 Å². The van der Waals surface area contributed by atoms with Crippen LogP contribution in [0.5, 0.6) is 0 Å². The van der Waals surface area contributed by atoms with Gasteiger partial charge in [0.25, 0.3) is 0 Å². The first-order valence-corrected chi connectivity index (χ1v) is 5.37. The van der Waals surface area contributed by atoms with Crippen molar-refractivity contribution in [2.75, 3.05) is 0 Å². The summed E-state index contributed by atoms with van der Waals surface area (Å²) in [6.45, 7) is 2.18. The minimum absolute atomic E-state index is 0.000915. The van der Waals surface area contributed by atoms with Gasteiger partial charge >= 0.3 is 0 Å². The van der Waals surface area contributed by atoms with Crippen molar-refractivity contribution in [1.29, 1.82) is 0 Å². The molecular weight excluding hydrogens is 187 g/mol. The Morgan fingerprint density at radius 3 is 2.40 bits per heavy atom. The Bertz CT molecular complexity index is 387. The quantitative estimate of drug-likeness (QED) is 0.668. The first-order chi connectivity index (χ1) is 7.27. The summed E-state index contributed by atoms with van der Waals surface area (Å²) in [5.74, 6) is 0.398. The van der Waals surface area contributed by atoms with E-state index in [0.29, 0.717) is 12.3 Å². The van der Waals surface area contributed by atoms with Crippen LogP contribution in [0.25, 0.3) is 0 Å². The molecule has 0 bridgehead atoms. The highest BCUT2D eigenvalue weighted by atomic mass is 19.1. The van der Waals surface area contributed by atoms with Crippen LogP contribution in [-0.4, -0.2) is 0 Å². The maximum atomic E-state index is 12.8. The third-order valence-electron chi connectivity index (χ3n) is 2.99. The highest BCUT2D eigenvalue weighted by Crippen LogP contribution is 2.31. The highest BCUT2D eigenvalue weighted by molar-refractivity contribution is 5.32. The molecule has 0 amide bonds. The molecule has 0 N–H and O–H groups in total. The lowest BCUT2D eigenvalue weighted by atomic mass is 9.88. The number of rotatable bonds is 2. The second-order valence-electron chi connectivity index (χ2n) is 3.99. The molecule has 1 aromatic carbocycles. The van der Waals surface area contributed by atoms with E-state index in [1.165, 1.54) is 11.1 Å². The van der Waals surface area contributed by atoms with E-state index in [1.807, 2.05) is 24.3 Å². The van der Waals surface area contributed by atoms with Gasteiger partial charge in [-0.25, -0.2) is 4.39 Å². The van der Waals surface area contributed by atoms with Crippen LogP contribution in [0.2, 0.25) is 0 Å². The minimum atomic E-state index is -0.000915. The molecular formula is C14H15F. The Hall–Kier alpha value is -1.37. The average Bonchev–Trinajstić information content (AvgIpc) is 2.30. The van der Waals surface area contributed by atoms with Gasteiger partial charge < -0.3 is 0 Å². The molecule has 1 aromatic rings. The van der Waals surface area contributed by atoms with Gasteiger partial charge in [0.1, 0.15) is 5.83 Å². The highest BCUT2D eigenvalue weighted by Gasteiger charge is 2.13. The van der Waals surface area contributed by atoms with Gasteiger partial charge in [-0.2, -0.15) is 0 Å². The summed E-state index contributed by atoms with van der Waals surface area (Å²) in [6.07, 6.45) is 4.93. The van der Waals surface area contributed by atoms with E-state index < -0.39 is 0 Å². The summed E-state index contributed by atoms with van der Waals surface area (Å²) in [7, 11) is 0. The maximum absolute atomic E-state index is 12.8. The fourth-order valence-corrected chi connectivity index (χ4v) is 1.94. The van der Waals surface area contributed by atoms with E-state index in [1.54, 1.807) is 6.08 Å². The molecule has 78 valence electrons. The van der Waals surface area contributed by atoms with Gasteiger partial charge in [0.2, 0.25) is 0 Å². The molecule has 2 rings (SSSR count). The molecule has 0 fully saturated rings. The molecule has 0 aliphatic heterocycles. The van der Waals surface area contributed by atoms with Crippen LogP contribution >= 0.6 is 0 Å². The molecule has 0 aromatic heterocycles. The van der Waals surface area contributed by atoms with E-state index in [9.17, 15) is 4.39 Å². The van der Waals surface area contributed by atoms with Gasteiger partial charge in [0, 0.05) is 12.3 Å². The predicted molar refractivity (Wildman–Crippen MR) is 61.4 cm³/mol. The van der Waals surface area contributed by atoms with Crippen LogP contribution in [0.15, 0.2) is 53.9 Å². The molecule has 15 heavy (non-hydrogen) atoms. The molecule has 1 atom stereocenters. The van der Waals surface area contributed by atoms with Gasteiger partial charge in [0.15, 0.2) is 0 Å². The van der Waals surface area contributed by atoms with Crippen LogP contribution in [-0.2, 0) is 0 Å². The monoisotopic (exact) mass is 202 g/mol. The summed E-state index contributed by atoms with van der Waals surface area (Å²) in [5.41, 5.74) is 2.63. The van der Waals surface area contributed by atoms with E-state index >= 15 is 0 Å². The number of hydrogen-bond donors (Lipinski definition) is 0. The summed E-state index contributed by atoms with van der Waals surface area (Å²) in [5, 5.41) is 0. The molecule has 0 radical (unpaired) electrons. The number of halogens is 1. The Morgan fingerprint density at radius 2 is 1.80 bits per heavy atom. The van der Waals surface area contributed by atoms with Crippen molar-refractivity contribution in [3.05, 3.63) is 59.4 Å². The number of hydrogen-bond acceptors (Lipinski definition) is 0. The van der Waals surface area contributed by atoms with Crippen molar-refractivity contribution < 1.29 is 4.39 Å². The minimum Gasteiger partial charge on any atom is -0.212 e. The van der Waals surface area contributed by atoms with Gasteiger partial charge in [-0.1, -0.05) is 48.9 Å². The Kier molecular flexibility index (Phi) is 3.00. The molecule has 0 nitrogen and oxygen atoms in total. The molecule has 0 saturated carbocycles. The van der Waals surface area contributed by atoms with E-state index in [-0.39, 0.29) is 5.83 Å².